The second-order valence-corrected chi connectivity index (χ2v) is 9.07. The van der Waals surface area contributed by atoms with Gasteiger partial charge in [0.25, 0.3) is 0 Å². The summed E-state index contributed by atoms with van der Waals surface area (Å²) in [4.78, 5) is 24.1. The number of rotatable bonds is 7. The highest BCUT2D eigenvalue weighted by atomic mass is 16.8. The van der Waals surface area contributed by atoms with Crippen LogP contribution in [0.15, 0.2) is 48.2 Å². The standard InChI is InChI=1S/C25H30O10/c1-13-17(33-19(28)8-7-14-5-3-2-4-6-14)9-16-15(10-26)12-32-24(20(13)16)35-25-23(31)22(30)21(29)18(11-27)34-25/h2-8,10,12-13,16-18,20-25,27,29-31H,9,11H2,1H3/b8-7+/t13-,16+,17-,18+,20+,21+,22-,23+,24-,25-/m0/s1. The third kappa shape index (κ3) is 5.32. The van der Waals surface area contributed by atoms with Crippen molar-refractivity contribution in [3.8, 4) is 0 Å². The van der Waals surface area contributed by atoms with Crippen molar-refractivity contribution in [1.82, 2.24) is 0 Å². The molecule has 0 amide bonds. The fourth-order valence-electron chi connectivity index (χ4n) is 4.98. The first-order chi connectivity index (χ1) is 16.8. The van der Waals surface area contributed by atoms with Gasteiger partial charge in [0.2, 0.25) is 6.29 Å². The van der Waals surface area contributed by atoms with E-state index in [9.17, 15) is 30.0 Å². The quantitative estimate of drug-likeness (QED) is 0.236. The average molecular weight is 491 g/mol. The zero-order valence-corrected chi connectivity index (χ0v) is 19.1. The number of hydrogen-bond donors (Lipinski definition) is 4. The summed E-state index contributed by atoms with van der Waals surface area (Å²) in [6.07, 6.45) is -3.43. The molecule has 10 atom stereocenters. The number of carbonyl (C=O) groups is 2. The van der Waals surface area contributed by atoms with E-state index in [0.29, 0.717) is 18.3 Å². The number of aldehydes is 1. The van der Waals surface area contributed by atoms with Crippen LogP contribution < -0.4 is 0 Å². The Kier molecular flexibility index (Phi) is 8.00. The van der Waals surface area contributed by atoms with Gasteiger partial charge in [0.15, 0.2) is 6.29 Å². The van der Waals surface area contributed by atoms with Crippen LogP contribution in [0.2, 0.25) is 0 Å². The predicted octanol–water partition coefficient (Wildman–Crippen LogP) is 0.139. The summed E-state index contributed by atoms with van der Waals surface area (Å²) in [6.45, 7) is 1.26. The molecule has 10 heteroatoms. The van der Waals surface area contributed by atoms with E-state index in [4.69, 9.17) is 18.9 Å². The molecule has 0 unspecified atom stereocenters. The van der Waals surface area contributed by atoms with Crippen LogP contribution in [0, 0.1) is 17.8 Å². The number of hydrogen-bond acceptors (Lipinski definition) is 10. The molecule has 3 aliphatic rings. The smallest absolute Gasteiger partial charge is 0.331 e. The molecule has 0 aromatic heterocycles. The second-order valence-electron chi connectivity index (χ2n) is 9.07. The minimum atomic E-state index is -1.60. The SMILES string of the molecule is C[C@@H]1[C@H]2[C@H](O[C@@H]3O[C@H](CO)[C@@H](O)[C@H](O)[C@H]3O)OC=C(C=O)[C@H]2C[C@@H]1OC(=O)/C=C/c1ccccc1. The molecule has 0 bridgehead atoms. The molecule has 2 aliphatic heterocycles. The highest BCUT2D eigenvalue weighted by molar-refractivity contribution is 5.87. The third-order valence-corrected chi connectivity index (χ3v) is 6.96. The maximum atomic E-state index is 12.5. The minimum Gasteiger partial charge on any atom is -0.472 e. The topological polar surface area (TPSA) is 152 Å². The van der Waals surface area contributed by atoms with Crippen LogP contribution in [-0.2, 0) is 28.5 Å². The first kappa shape index (κ1) is 25.5. The van der Waals surface area contributed by atoms with E-state index in [1.54, 1.807) is 6.08 Å². The van der Waals surface area contributed by atoms with E-state index >= 15 is 0 Å². The summed E-state index contributed by atoms with van der Waals surface area (Å²) in [5.41, 5.74) is 1.25. The van der Waals surface area contributed by atoms with Crippen LogP contribution in [0.1, 0.15) is 18.9 Å². The summed E-state index contributed by atoms with van der Waals surface area (Å²) >= 11 is 0. The number of aliphatic hydroxyl groups excluding tert-OH is 4. The zero-order valence-electron chi connectivity index (χ0n) is 19.1. The maximum absolute atomic E-state index is 12.5. The van der Waals surface area contributed by atoms with E-state index in [2.05, 4.69) is 0 Å². The van der Waals surface area contributed by atoms with Crippen molar-refractivity contribution >= 4 is 18.3 Å². The summed E-state index contributed by atoms with van der Waals surface area (Å²) in [5, 5.41) is 39.8. The molecule has 1 aromatic rings. The van der Waals surface area contributed by atoms with Gasteiger partial charge in [-0.1, -0.05) is 37.3 Å². The predicted molar refractivity (Wildman–Crippen MR) is 120 cm³/mol. The normalized spacial score (nSPS) is 38.9. The van der Waals surface area contributed by atoms with Gasteiger partial charge in [-0.15, -0.1) is 0 Å². The maximum Gasteiger partial charge on any atom is 0.331 e. The first-order valence-electron chi connectivity index (χ1n) is 11.5. The van der Waals surface area contributed by atoms with Crippen LogP contribution in [0.4, 0.5) is 0 Å². The molecule has 4 rings (SSSR count). The molecule has 2 fully saturated rings. The van der Waals surface area contributed by atoms with Crippen LogP contribution in [-0.4, -0.2) is 82.4 Å². The molecular weight excluding hydrogens is 460 g/mol. The first-order valence-corrected chi connectivity index (χ1v) is 11.5. The molecule has 190 valence electrons. The average Bonchev–Trinajstić information content (AvgIpc) is 3.20. The van der Waals surface area contributed by atoms with Crippen LogP contribution in [0.3, 0.4) is 0 Å². The molecule has 1 aliphatic carbocycles. The molecule has 2 heterocycles. The highest BCUT2D eigenvalue weighted by Crippen LogP contribution is 2.48. The molecule has 0 spiro atoms. The van der Waals surface area contributed by atoms with E-state index in [1.165, 1.54) is 12.3 Å². The minimum absolute atomic E-state index is 0.285. The van der Waals surface area contributed by atoms with Crippen molar-refractivity contribution < 1.29 is 49.0 Å². The zero-order chi connectivity index (χ0) is 25.1. The monoisotopic (exact) mass is 490 g/mol. The fourth-order valence-corrected chi connectivity index (χ4v) is 4.98. The molecule has 10 nitrogen and oxygen atoms in total. The lowest BCUT2D eigenvalue weighted by Gasteiger charge is -2.43. The van der Waals surface area contributed by atoms with E-state index < -0.39 is 61.6 Å². The van der Waals surface area contributed by atoms with Gasteiger partial charge in [0, 0.05) is 29.4 Å². The summed E-state index contributed by atoms with van der Waals surface area (Å²) in [5.74, 6) is -1.56. The summed E-state index contributed by atoms with van der Waals surface area (Å²) in [7, 11) is 0. The molecule has 1 saturated heterocycles. The van der Waals surface area contributed by atoms with Gasteiger partial charge in [-0.3, -0.25) is 4.79 Å². The van der Waals surface area contributed by atoms with Crippen molar-refractivity contribution in [3.63, 3.8) is 0 Å². The number of ether oxygens (including phenoxy) is 4. The molecular formula is C25H30O10. The number of aliphatic hydroxyl groups is 4. The van der Waals surface area contributed by atoms with Gasteiger partial charge in [0.1, 0.15) is 36.8 Å². The molecule has 1 saturated carbocycles. The Balaban J connectivity index is 1.46. The van der Waals surface area contributed by atoms with Gasteiger partial charge in [0.05, 0.1) is 12.9 Å². The van der Waals surface area contributed by atoms with E-state index in [-0.39, 0.29) is 11.8 Å². The van der Waals surface area contributed by atoms with Crippen LogP contribution in [0.5, 0.6) is 0 Å². The summed E-state index contributed by atoms with van der Waals surface area (Å²) < 4.78 is 22.6. The van der Waals surface area contributed by atoms with Crippen LogP contribution in [0.25, 0.3) is 6.08 Å². The largest absolute Gasteiger partial charge is 0.472 e. The molecule has 1 aromatic carbocycles. The van der Waals surface area contributed by atoms with Crippen LogP contribution >= 0.6 is 0 Å². The van der Waals surface area contributed by atoms with Crippen molar-refractivity contribution in [1.29, 1.82) is 0 Å². The van der Waals surface area contributed by atoms with Gasteiger partial charge in [-0.2, -0.15) is 0 Å². The van der Waals surface area contributed by atoms with Crippen molar-refractivity contribution in [2.24, 2.45) is 17.8 Å². The van der Waals surface area contributed by atoms with Gasteiger partial charge in [-0.25, -0.2) is 4.79 Å². The lowest BCUT2D eigenvalue weighted by atomic mass is 9.84. The number of allylic oxidation sites excluding steroid dienone is 1. The lowest BCUT2D eigenvalue weighted by molar-refractivity contribution is -0.342. The Hall–Kier alpha value is -2.60. The van der Waals surface area contributed by atoms with E-state index in [0.717, 1.165) is 5.56 Å². The Morgan fingerprint density at radius 3 is 2.54 bits per heavy atom. The van der Waals surface area contributed by atoms with Gasteiger partial charge >= 0.3 is 5.97 Å². The Labute approximate surface area is 202 Å². The molecule has 4 N–H and O–H groups in total. The van der Waals surface area contributed by atoms with Gasteiger partial charge in [-0.05, 0) is 18.1 Å². The summed E-state index contributed by atoms with van der Waals surface area (Å²) in [6, 6.07) is 9.31. The Morgan fingerprint density at radius 1 is 1.11 bits per heavy atom. The fraction of sp³-hybridized carbons (Fsp3) is 0.520. The Morgan fingerprint density at radius 2 is 1.86 bits per heavy atom. The van der Waals surface area contributed by atoms with Gasteiger partial charge < -0.3 is 39.4 Å². The number of benzene rings is 1. The number of fused-ring (bicyclic) bond motifs is 1. The third-order valence-electron chi connectivity index (χ3n) is 6.96. The van der Waals surface area contributed by atoms with Crippen molar-refractivity contribution in [3.05, 3.63) is 53.8 Å². The van der Waals surface area contributed by atoms with Crippen molar-refractivity contribution in [2.45, 2.75) is 56.4 Å². The number of carbonyl (C=O) groups excluding carboxylic acids is 2. The lowest BCUT2D eigenvalue weighted by Crippen LogP contribution is -2.60. The van der Waals surface area contributed by atoms with Crippen molar-refractivity contribution in [2.75, 3.05) is 6.61 Å². The highest BCUT2D eigenvalue weighted by Gasteiger charge is 2.53. The van der Waals surface area contributed by atoms with E-state index in [1.807, 2.05) is 37.3 Å². The number of esters is 1. The molecule has 35 heavy (non-hydrogen) atoms. The molecule has 0 radical (unpaired) electrons. The Bertz CT molecular complexity index is 945. The second kappa shape index (κ2) is 11.0.